The molecule has 0 spiro atoms. The number of carbonyl (C=O) groups excluding carboxylic acids is 1. The maximum Gasteiger partial charge on any atom is 0.373 e. The van der Waals surface area contributed by atoms with E-state index in [0.29, 0.717) is 0 Å². The van der Waals surface area contributed by atoms with Crippen molar-refractivity contribution in [1.29, 1.82) is 0 Å². The van der Waals surface area contributed by atoms with Gasteiger partial charge in [0.1, 0.15) is 0 Å². The molecule has 4 heteroatoms. The summed E-state index contributed by atoms with van der Waals surface area (Å²) in [5.41, 5.74) is 1.80. The van der Waals surface area contributed by atoms with Gasteiger partial charge >= 0.3 is 5.97 Å². The molecule has 102 valence electrons. The first-order valence-electron chi connectivity index (χ1n) is 6.12. The minimum Gasteiger partial charge on any atom is -0.475 e. The molecule has 3 nitrogen and oxygen atoms in total. The van der Waals surface area contributed by atoms with Crippen LogP contribution < -0.4 is 0 Å². The molecular formula is C16H13BrO3. The van der Waals surface area contributed by atoms with Gasteiger partial charge in [0.05, 0.1) is 4.83 Å². The monoisotopic (exact) mass is 332 g/mol. The Bertz CT molecular complexity index is 556. The van der Waals surface area contributed by atoms with Crippen molar-refractivity contribution in [3.63, 3.8) is 0 Å². The third-order valence-corrected chi connectivity index (χ3v) is 4.02. The smallest absolute Gasteiger partial charge is 0.373 e. The predicted molar refractivity (Wildman–Crippen MR) is 80.1 cm³/mol. The quantitative estimate of drug-likeness (QED) is 0.675. The van der Waals surface area contributed by atoms with Gasteiger partial charge in [-0.1, -0.05) is 76.6 Å². The standard InChI is InChI=1S/C16H13BrO3/c17-14(15(18)16(19)20)13(11-7-3-1-4-8-11)12-9-5-2-6-10-12/h1-10,13-14H,(H,19,20). The van der Waals surface area contributed by atoms with Crippen LogP contribution in [0.15, 0.2) is 60.7 Å². The largest absolute Gasteiger partial charge is 0.475 e. The number of carboxylic acid groups (broad SMARTS) is 1. The highest BCUT2D eigenvalue weighted by atomic mass is 79.9. The molecule has 1 N–H and O–H groups in total. The molecule has 0 saturated carbocycles. The fourth-order valence-electron chi connectivity index (χ4n) is 2.12. The number of hydrogen-bond donors (Lipinski definition) is 1. The summed E-state index contributed by atoms with van der Waals surface area (Å²) in [4.78, 5) is 21.9. The van der Waals surface area contributed by atoms with E-state index in [1.165, 1.54) is 0 Å². The van der Waals surface area contributed by atoms with E-state index in [9.17, 15) is 9.59 Å². The maximum atomic E-state index is 11.8. The third kappa shape index (κ3) is 3.14. The number of carboxylic acids is 1. The van der Waals surface area contributed by atoms with Crippen molar-refractivity contribution in [2.45, 2.75) is 10.7 Å². The first kappa shape index (κ1) is 14.5. The van der Waals surface area contributed by atoms with Crippen LogP contribution in [-0.2, 0) is 9.59 Å². The molecular weight excluding hydrogens is 320 g/mol. The van der Waals surface area contributed by atoms with E-state index in [1.54, 1.807) is 0 Å². The minimum absolute atomic E-state index is 0.332. The second-order valence-corrected chi connectivity index (χ2v) is 5.36. The van der Waals surface area contributed by atoms with Gasteiger partial charge in [-0.05, 0) is 11.1 Å². The zero-order valence-corrected chi connectivity index (χ0v) is 12.2. The van der Waals surface area contributed by atoms with E-state index in [0.717, 1.165) is 11.1 Å². The van der Waals surface area contributed by atoms with Gasteiger partial charge in [0.15, 0.2) is 0 Å². The average molecular weight is 333 g/mol. The van der Waals surface area contributed by atoms with Crippen LogP contribution >= 0.6 is 15.9 Å². The lowest BCUT2D eigenvalue weighted by molar-refractivity contribution is -0.148. The summed E-state index contributed by atoms with van der Waals surface area (Å²) in [6, 6.07) is 18.8. The lowest BCUT2D eigenvalue weighted by atomic mass is 9.87. The van der Waals surface area contributed by atoms with E-state index >= 15 is 0 Å². The molecule has 0 aliphatic rings. The van der Waals surface area contributed by atoms with Gasteiger partial charge in [0.2, 0.25) is 0 Å². The van der Waals surface area contributed by atoms with Crippen LogP contribution in [0.3, 0.4) is 0 Å². The molecule has 0 radical (unpaired) electrons. The summed E-state index contributed by atoms with van der Waals surface area (Å²) in [6.07, 6.45) is 0. The van der Waals surface area contributed by atoms with Crippen molar-refractivity contribution < 1.29 is 14.7 Å². The summed E-state index contributed by atoms with van der Waals surface area (Å²) in [7, 11) is 0. The number of ketones is 1. The van der Waals surface area contributed by atoms with Crippen LogP contribution in [0.5, 0.6) is 0 Å². The zero-order valence-electron chi connectivity index (χ0n) is 10.6. The molecule has 0 aromatic heterocycles. The van der Waals surface area contributed by atoms with Crippen LogP contribution in [0.25, 0.3) is 0 Å². The van der Waals surface area contributed by atoms with E-state index < -0.39 is 16.6 Å². The number of benzene rings is 2. The minimum atomic E-state index is -1.43. The van der Waals surface area contributed by atoms with Gasteiger partial charge in [0, 0.05) is 5.92 Å². The molecule has 0 bridgehead atoms. The molecule has 0 aliphatic carbocycles. The normalized spacial score (nSPS) is 12.1. The molecule has 1 unspecified atom stereocenters. The van der Waals surface area contributed by atoms with Crippen molar-refractivity contribution in [3.8, 4) is 0 Å². The molecule has 20 heavy (non-hydrogen) atoms. The fourth-order valence-corrected chi connectivity index (χ4v) is 2.93. The Labute approximate surface area is 125 Å². The third-order valence-electron chi connectivity index (χ3n) is 3.07. The first-order valence-corrected chi connectivity index (χ1v) is 7.04. The zero-order chi connectivity index (χ0) is 14.5. The number of carbonyl (C=O) groups is 2. The molecule has 1 atom stereocenters. The second-order valence-electron chi connectivity index (χ2n) is 4.37. The van der Waals surface area contributed by atoms with E-state index in [-0.39, 0.29) is 5.92 Å². The Hall–Kier alpha value is -1.94. The predicted octanol–water partition coefficient (Wildman–Crippen LogP) is 3.24. The number of halogens is 1. The Morgan fingerprint density at radius 2 is 1.25 bits per heavy atom. The average Bonchev–Trinajstić information content (AvgIpc) is 2.48. The molecule has 0 amide bonds. The van der Waals surface area contributed by atoms with E-state index in [1.807, 2.05) is 60.7 Å². The highest BCUT2D eigenvalue weighted by molar-refractivity contribution is 9.10. The van der Waals surface area contributed by atoms with Crippen LogP contribution in [0.2, 0.25) is 0 Å². The lowest BCUT2D eigenvalue weighted by Crippen LogP contribution is -2.29. The Kier molecular flexibility index (Phi) is 4.69. The Balaban J connectivity index is 2.45. The molecule has 2 aromatic carbocycles. The van der Waals surface area contributed by atoms with Crippen molar-refractivity contribution in [2.75, 3.05) is 0 Å². The number of Topliss-reactive ketones (excluding diaryl/α,β-unsaturated/α-hetero) is 1. The fraction of sp³-hybridized carbons (Fsp3) is 0.125. The summed E-state index contributed by atoms with van der Waals surface area (Å²) in [6.45, 7) is 0. The number of hydrogen-bond acceptors (Lipinski definition) is 2. The molecule has 2 aromatic rings. The van der Waals surface area contributed by atoms with Gasteiger partial charge in [-0.25, -0.2) is 4.79 Å². The summed E-state index contributed by atoms with van der Waals surface area (Å²) >= 11 is 3.25. The molecule has 0 fully saturated rings. The van der Waals surface area contributed by atoms with Gasteiger partial charge in [-0.3, -0.25) is 4.79 Å². The van der Waals surface area contributed by atoms with Crippen molar-refractivity contribution in [1.82, 2.24) is 0 Å². The highest BCUT2D eigenvalue weighted by Gasteiger charge is 2.32. The number of rotatable bonds is 5. The summed E-state index contributed by atoms with van der Waals surface area (Å²) in [5, 5.41) is 8.92. The van der Waals surface area contributed by atoms with E-state index in [2.05, 4.69) is 15.9 Å². The van der Waals surface area contributed by atoms with Gasteiger partial charge < -0.3 is 5.11 Å². The van der Waals surface area contributed by atoms with Crippen molar-refractivity contribution in [2.24, 2.45) is 0 Å². The Morgan fingerprint density at radius 1 is 0.850 bits per heavy atom. The molecule has 0 aliphatic heterocycles. The lowest BCUT2D eigenvalue weighted by Gasteiger charge is -2.21. The first-order chi connectivity index (χ1) is 9.61. The van der Waals surface area contributed by atoms with Gasteiger partial charge in [0.25, 0.3) is 5.78 Å². The van der Waals surface area contributed by atoms with Crippen LogP contribution in [0, 0.1) is 0 Å². The number of aliphatic carboxylic acids is 1. The topological polar surface area (TPSA) is 54.4 Å². The van der Waals surface area contributed by atoms with Crippen LogP contribution in [0.1, 0.15) is 17.0 Å². The second kappa shape index (κ2) is 6.48. The maximum absolute atomic E-state index is 11.8. The molecule has 0 heterocycles. The van der Waals surface area contributed by atoms with Crippen LogP contribution in [0.4, 0.5) is 0 Å². The van der Waals surface area contributed by atoms with Gasteiger partial charge in [-0.2, -0.15) is 0 Å². The van der Waals surface area contributed by atoms with Gasteiger partial charge in [-0.15, -0.1) is 0 Å². The van der Waals surface area contributed by atoms with Crippen molar-refractivity contribution >= 4 is 27.7 Å². The molecule has 2 rings (SSSR count). The summed E-state index contributed by atoms with van der Waals surface area (Å²) < 4.78 is 0. The van der Waals surface area contributed by atoms with Crippen molar-refractivity contribution in [3.05, 3.63) is 71.8 Å². The number of alkyl halides is 1. The van der Waals surface area contributed by atoms with E-state index in [4.69, 9.17) is 5.11 Å². The highest BCUT2D eigenvalue weighted by Crippen LogP contribution is 2.32. The molecule has 0 saturated heterocycles. The summed E-state index contributed by atoms with van der Waals surface area (Å²) in [5.74, 6) is -2.60. The Morgan fingerprint density at radius 3 is 1.60 bits per heavy atom. The SMILES string of the molecule is O=C(O)C(=O)C(Br)C(c1ccccc1)c1ccccc1. The van der Waals surface area contributed by atoms with Crippen LogP contribution in [-0.4, -0.2) is 21.7 Å².